The molecule has 0 unspecified atom stereocenters. The molecule has 11 nitrogen and oxygen atoms in total. The molecule has 2 bridgehead atoms. The first kappa shape index (κ1) is 26.9. The van der Waals surface area contributed by atoms with Crippen LogP contribution in [0.3, 0.4) is 0 Å². The molecule has 4 aromatic heterocycles. The number of likely N-dealkylation sites (N-methyl/N-ethyl adjacent to an activating group) is 1. The average Bonchev–Trinajstić information content (AvgIpc) is 3.55. The van der Waals surface area contributed by atoms with Crippen molar-refractivity contribution in [3.8, 4) is 23.0 Å². The van der Waals surface area contributed by atoms with Crippen LogP contribution >= 0.6 is 0 Å². The van der Waals surface area contributed by atoms with Crippen LogP contribution in [0.4, 0.5) is 0 Å². The summed E-state index contributed by atoms with van der Waals surface area (Å²) >= 11 is 0. The number of ether oxygens (including phenoxy) is 2. The van der Waals surface area contributed by atoms with E-state index in [-0.39, 0.29) is 18.8 Å². The summed E-state index contributed by atoms with van der Waals surface area (Å²) in [6.07, 6.45) is 7.71. The standard InChI is InChI=1S/C28H38N8O3/c1-8-34-13-18(4)39-28-26(20(6)31-33(28)7)22-14-35-23(19(5)30-22)12-29-25(35)11-10-21-24(15-34)36(17(3)16-37)32-27(21)38-9-2/h10-12,14,17-18,37H,8-9,13,15-16H2,1-7H3/b11-10+/t17-,18-/m0/s1. The Hall–Kier alpha value is -3.70. The fourth-order valence-electron chi connectivity index (χ4n) is 5.21. The third-order valence-electron chi connectivity index (χ3n) is 7.19. The smallest absolute Gasteiger partial charge is 0.240 e. The van der Waals surface area contributed by atoms with E-state index in [2.05, 4.69) is 23.8 Å². The SMILES string of the molecule is CCOc1nn([C@@H](C)CO)c2c1/C=C/c1ncc3c(C)nc(cn13)-c1c(C)nn(C)c1O[C@@H](C)CN(CC)C2. The molecule has 0 fully saturated rings. The minimum absolute atomic E-state index is 0.0302. The van der Waals surface area contributed by atoms with Gasteiger partial charge < -0.3 is 14.6 Å². The number of hydrogen-bond donors (Lipinski definition) is 1. The first-order valence-electron chi connectivity index (χ1n) is 13.6. The second-order valence-corrected chi connectivity index (χ2v) is 10.1. The van der Waals surface area contributed by atoms with Gasteiger partial charge in [0.15, 0.2) is 0 Å². The van der Waals surface area contributed by atoms with Gasteiger partial charge in [0.25, 0.3) is 0 Å². The Morgan fingerprint density at radius 1 is 1.18 bits per heavy atom. The van der Waals surface area contributed by atoms with Crippen molar-refractivity contribution < 1.29 is 14.6 Å². The topological polar surface area (TPSA) is 108 Å². The zero-order valence-electron chi connectivity index (χ0n) is 23.8. The summed E-state index contributed by atoms with van der Waals surface area (Å²) in [5.74, 6) is 1.99. The second-order valence-electron chi connectivity index (χ2n) is 10.1. The van der Waals surface area contributed by atoms with Crippen molar-refractivity contribution in [1.29, 1.82) is 0 Å². The molecule has 5 rings (SSSR count). The van der Waals surface area contributed by atoms with Crippen LogP contribution in [0, 0.1) is 13.8 Å². The van der Waals surface area contributed by atoms with Crippen LogP contribution in [0.15, 0.2) is 12.4 Å². The summed E-state index contributed by atoms with van der Waals surface area (Å²) in [5, 5.41) is 19.5. The number of imidazole rings is 1. The number of rotatable bonds is 5. The zero-order chi connectivity index (χ0) is 27.8. The van der Waals surface area contributed by atoms with Gasteiger partial charge in [-0.3, -0.25) is 14.0 Å². The van der Waals surface area contributed by atoms with Crippen LogP contribution in [-0.4, -0.2) is 76.3 Å². The van der Waals surface area contributed by atoms with Gasteiger partial charge >= 0.3 is 0 Å². The summed E-state index contributed by atoms with van der Waals surface area (Å²) in [4.78, 5) is 11.9. The van der Waals surface area contributed by atoms with E-state index in [1.807, 2.05) is 68.4 Å². The van der Waals surface area contributed by atoms with Crippen LogP contribution in [-0.2, 0) is 13.6 Å². The number of aryl methyl sites for hydroxylation is 3. The molecular weight excluding hydrogens is 496 g/mol. The Balaban J connectivity index is 1.76. The molecule has 5 heterocycles. The van der Waals surface area contributed by atoms with Gasteiger partial charge in [-0.1, -0.05) is 6.92 Å². The van der Waals surface area contributed by atoms with Crippen LogP contribution in [0.25, 0.3) is 28.9 Å². The Kier molecular flexibility index (Phi) is 7.46. The first-order valence-corrected chi connectivity index (χ1v) is 13.6. The Bertz CT molecular complexity index is 1520. The highest BCUT2D eigenvalue weighted by molar-refractivity contribution is 5.74. The lowest BCUT2D eigenvalue weighted by Crippen LogP contribution is -2.35. The molecule has 0 spiro atoms. The van der Waals surface area contributed by atoms with Crippen molar-refractivity contribution in [2.24, 2.45) is 7.05 Å². The summed E-state index contributed by atoms with van der Waals surface area (Å²) in [5.41, 5.74) is 6.15. The van der Waals surface area contributed by atoms with Crippen molar-refractivity contribution >= 4 is 17.7 Å². The lowest BCUT2D eigenvalue weighted by molar-refractivity contribution is 0.132. The van der Waals surface area contributed by atoms with E-state index in [9.17, 15) is 5.11 Å². The molecule has 1 N–H and O–H groups in total. The highest BCUT2D eigenvalue weighted by Gasteiger charge is 2.26. The molecule has 0 saturated carbocycles. The van der Waals surface area contributed by atoms with E-state index in [4.69, 9.17) is 24.5 Å². The maximum Gasteiger partial charge on any atom is 0.240 e. The fraction of sp³-hybridized carbons (Fsp3) is 0.500. The minimum atomic E-state index is -0.209. The first-order chi connectivity index (χ1) is 18.7. The van der Waals surface area contributed by atoms with E-state index in [1.165, 1.54) is 0 Å². The lowest BCUT2D eigenvalue weighted by Gasteiger charge is -2.26. The molecule has 4 aromatic rings. The highest BCUT2D eigenvalue weighted by Crippen LogP contribution is 2.34. The number of hydrogen-bond acceptors (Lipinski definition) is 8. The van der Waals surface area contributed by atoms with Crippen LogP contribution < -0.4 is 9.47 Å². The Morgan fingerprint density at radius 2 is 1.97 bits per heavy atom. The van der Waals surface area contributed by atoms with Gasteiger partial charge in [0, 0.05) is 26.3 Å². The summed E-state index contributed by atoms with van der Waals surface area (Å²) < 4.78 is 18.3. The number of nitrogens with zero attached hydrogens (tertiary/aromatic N) is 8. The normalized spacial score (nSPS) is 17.8. The molecule has 1 aliphatic rings. The van der Waals surface area contributed by atoms with Gasteiger partial charge in [0.1, 0.15) is 11.9 Å². The third kappa shape index (κ3) is 4.92. The van der Waals surface area contributed by atoms with Gasteiger partial charge in [-0.25, -0.2) is 14.6 Å². The van der Waals surface area contributed by atoms with Crippen LogP contribution in [0.1, 0.15) is 62.2 Å². The summed E-state index contributed by atoms with van der Waals surface area (Å²) in [6, 6.07) is -0.209. The molecule has 0 aliphatic carbocycles. The van der Waals surface area contributed by atoms with E-state index in [1.54, 1.807) is 4.68 Å². The van der Waals surface area contributed by atoms with Gasteiger partial charge in [-0.2, -0.15) is 5.10 Å². The minimum Gasteiger partial charge on any atom is -0.476 e. The fourth-order valence-corrected chi connectivity index (χ4v) is 5.21. The Morgan fingerprint density at radius 3 is 2.69 bits per heavy atom. The zero-order valence-corrected chi connectivity index (χ0v) is 23.8. The van der Waals surface area contributed by atoms with Crippen molar-refractivity contribution in [2.45, 2.75) is 60.2 Å². The van der Waals surface area contributed by atoms with Crippen molar-refractivity contribution in [3.63, 3.8) is 0 Å². The lowest BCUT2D eigenvalue weighted by atomic mass is 10.1. The van der Waals surface area contributed by atoms with Crippen LogP contribution in [0.2, 0.25) is 0 Å². The monoisotopic (exact) mass is 534 g/mol. The second kappa shape index (κ2) is 10.8. The highest BCUT2D eigenvalue weighted by atomic mass is 16.5. The predicted molar refractivity (Wildman–Crippen MR) is 150 cm³/mol. The number of fused-ring (bicyclic) bond motifs is 4. The van der Waals surface area contributed by atoms with Gasteiger partial charge in [0.2, 0.25) is 11.8 Å². The number of aromatic nitrogens is 7. The number of aliphatic hydroxyl groups excluding tert-OH is 1. The van der Waals surface area contributed by atoms with E-state index in [0.29, 0.717) is 31.5 Å². The van der Waals surface area contributed by atoms with E-state index >= 15 is 0 Å². The molecule has 39 heavy (non-hydrogen) atoms. The van der Waals surface area contributed by atoms with Crippen molar-refractivity contribution in [1.82, 2.24) is 38.8 Å². The molecule has 0 amide bonds. The quantitative estimate of drug-likeness (QED) is 0.413. The van der Waals surface area contributed by atoms with Crippen molar-refractivity contribution in [3.05, 3.63) is 40.9 Å². The molecule has 0 saturated heterocycles. The molecular formula is C28H38N8O3. The third-order valence-corrected chi connectivity index (χ3v) is 7.19. The van der Waals surface area contributed by atoms with Crippen LogP contribution in [0.5, 0.6) is 11.8 Å². The Labute approximate surface area is 228 Å². The van der Waals surface area contributed by atoms with Crippen molar-refractivity contribution in [2.75, 3.05) is 26.3 Å². The average molecular weight is 535 g/mol. The maximum absolute atomic E-state index is 10.0. The molecule has 11 heteroatoms. The number of aliphatic hydroxyl groups is 1. The largest absolute Gasteiger partial charge is 0.476 e. The molecule has 0 radical (unpaired) electrons. The molecule has 1 aliphatic heterocycles. The van der Waals surface area contributed by atoms with E-state index in [0.717, 1.165) is 51.8 Å². The van der Waals surface area contributed by atoms with Gasteiger partial charge in [0.05, 0.1) is 64.9 Å². The summed E-state index contributed by atoms with van der Waals surface area (Å²) in [7, 11) is 1.90. The maximum atomic E-state index is 10.0. The molecule has 0 aromatic carbocycles. The molecule has 208 valence electrons. The van der Waals surface area contributed by atoms with Gasteiger partial charge in [-0.15, -0.1) is 5.10 Å². The van der Waals surface area contributed by atoms with E-state index < -0.39 is 0 Å². The molecule has 2 atom stereocenters. The predicted octanol–water partition coefficient (Wildman–Crippen LogP) is 3.67. The van der Waals surface area contributed by atoms with Gasteiger partial charge in [-0.05, 0) is 53.3 Å². The summed E-state index contributed by atoms with van der Waals surface area (Å²) in [6.45, 7) is 14.6.